The number of rotatable bonds is 4. The molecule has 4 nitrogen and oxygen atoms in total. The molecular weight excluding hydrogens is 214 g/mol. The number of hydrogen-bond donors (Lipinski definition) is 2. The van der Waals surface area contributed by atoms with Crippen molar-refractivity contribution in [2.24, 2.45) is 0 Å². The molecule has 0 aromatic heterocycles. The van der Waals surface area contributed by atoms with Gasteiger partial charge in [-0.2, -0.15) is 0 Å². The van der Waals surface area contributed by atoms with Crippen LogP contribution in [0.5, 0.6) is 5.75 Å². The van der Waals surface area contributed by atoms with Crippen LogP contribution in [0.15, 0.2) is 12.1 Å². The van der Waals surface area contributed by atoms with Crippen molar-refractivity contribution in [2.45, 2.75) is 19.3 Å². The van der Waals surface area contributed by atoms with Crippen molar-refractivity contribution in [2.75, 3.05) is 38.2 Å². The van der Waals surface area contributed by atoms with Crippen LogP contribution in [0, 0.1) is 0 Å². The van der Waals surface area contributed by atoms with Gasteiger partial charge in [-0.05, 0) is 44.0 Å². The number of likely N-dealkylation sites (tertiary alicyclic amines) is 1. The van der Waals surface area contributed by atoms with Crippen LogP contribution in [0.25, 0.3) is 0 Å². The molecule has 17 heavy (non-hydrogen) atoms. The molecule has 0 spiro atoms. The minimum absolute atomic E-state index is 0.682. The van der Waals surface area contributed by atoms with Gasteiger partial charge in [0, 0.05) is 18.3 Å². The van der Waals surface area contributed by atoms with E-state index >= 15 is 0 Å². The normalized spacial score (nSPS) is 16.3. The summed E-state index contributed by atoms with van der Waals surface area (Å²) < 4.78 is 5.22. The van der Waals surface area contributed by atoms with Crippen molar-refractivity contribution in [1.82, 2.24) is 4.90 Å². The average Bonchev–Trinajstić information content (AvgIpc) is 2.82. The number of nitrogens with zero attached hydrogens (tertiary/aromatic N) is 1. The molecule has 4 N–H and O–H groups in total. The van der Waals surface area contributed by atoms with E-state index in [1.54, 1.807) is 13.2 Å². The lowest BCUT2D eigenvalue weighted by Crippen LogP contribution is -2.22. The molecule has 94 valence electrons. The quantitative estimate of drug-likeness (QED) is 0.776. The highest BCUT2D eigenvalue weighted by Crippen LogP contribution is 2.29. The first kappa shape index (κ1) is 12.0. The summed E-state index contributed by atoms with van der Waals surface area (Å²) in [4.78, 5) is 2.47. The summed E-state index contributed by atoms with van der Waals surface area (Å²) in [6, 6.07) is 3.72. The van der Waals surface area contributed by atoms with E-state index in [0.29, 0.717) is 11.4 Å². The van der Waals surface area contributed by atoms with E-state index in [4.69, 9.17) is 16.2 Å². The second-order valence-electron chi connectivity index (χ2n) is 4.59. The zero-order chi connectivity index (χ0) is 12.3. The molecule has 1 aliphatic rings. The van der Waals surface area contributed by atoms with Crippen LogP contribution in [0.1, 0.15) is 18.4 Å². The van der Waals surface area contributed by atoms with E-state index < -0.39 is 0 Å². The van der Waals surface area contributed by atoms with Crippen molar-refractivity contribution in [3.8, 4) is 5.75 Å². The Balaban J connectivity index is 2.06. The second kappa shape index (κ2) is 5.27. The number of nitrogens with two attached hydrogens (primary N) is 2. The summed E-state index contributed by atoms with van der Waals surface area (Å²) in [6.45, 7) is 3.47. The van der Waals surface area contributed by atoms with Crippen molar-refractivity contribution in [1.29, 1.82) is 0 Å². The number of ether oxygens (including phenoxy) is 1. The summed E-state index contributed by atoms with van der Waals surface area (Å²) in [7, 11) is 1.62. The predicted octanol–water partition coefficient (Wildman–Crippen LogP) is 1.50. The topological polar surface area (TPSA) is 64.5 Å². The molecule has 1 aromatic rings. The first-order valence-corrected chi connectivity index (χ1v) is 6.15. The molecule has 0 radical (unpaired) electrons. The first-order chi connectivity index (χ1) is 8.20. The van der Waals surface area contributed by atoms with E-state index in [1.165, 1.54) is 25.9 Å². The highest BCUT2D eigenvalue weighted by molar-refractivity contribution is 5.65. The van der Waals surface area contributed by atoms with Gasteiger partial charge in [-0.25, -0.2) is 0 Å². The van der Waals surface area contributed by atoms with Crippen LogP contribution in [-0.4, -0.2) is 31.6 Å². The van der Waals surface area contributed by atoms with Crippen molar-refractivity contribution in [3.05, 3.63) is 17.7 Å². The molecule has 0 saturated carbocycles. The maximum absolute atomic E-state index is 6.05. The molecule has 0 atom stereocenters. The third-order valence-electron chi connectivity index (χ3n) is 3.37. The molecule has 1 fully saturated rings. The molecule has 1 aromatic carbocycles. The Hall–Kier alpha value is -1.42. The molecule has 4 heteroatoms. The molecule has 0 bridgehead atoms. The lowest BCUT2D eigenvalue weighted by molar-refractivity contribution is 0.343. The Labute approximate surface area is 103 Å². The molecule has 0 aliphatic carbocycles. The van der Waals surface area contributed by atoms with Gasteiger partial charge in [0.15, 0.2) is 0 Å². The lowest BCUT2D eigenvalue weighted by atomic mass is 10.1. The molecule has 0 unspecified atom stereocenters. The molecule has 0 amide bonds. The van der Waals surface area contributed by atoms with Gasteiger partial charge in [-0.1, -0.05) is 0 Å². The average molecular weight is 235 g/mol. The Morgan fingerprint density at radius 3 is 2.59 bits per heavy atom. The summed E-state index contributed by atoms with van der Waals surface area (Å²) in [5.41, 5.74) is 14.4. The minimum atomic E-state index is 0.682. The summed E-state index contributed by atoms with van der Waals surface area (Å²) >= 11 is 0. The van der Waals surface area contributed by atoms with Gasteiger partial charge < -0.3 is 21.1 Å². The smallest absolute Gasteiger partial charge is 0.144 e. The summed E-state index contributed by atoms with van der Waals surface area (Å²) in [5, 5.41) is 0. The van der Waals surface area contributed by atoms with E-state index in [-0.39, 0.29) is 0 Å². The van der Waals surface area contributed by atoms with E-state index in [1.807, 2.05) is 6.07 Å². The minimum Gasteiger partial charge on any atom is -0.495 e. The van der Waals surface area contributed by atoms with Crippen LogP contribution >= 0.6 is 0 Å². The first-order valence-electron chi connectivity index (χ1n) is 6.15. The third-order valence-corrected chi connectivity index (χ3v) is 3.37. The Morgan fingerprint density at radius 2 is 1.94 bits per heavy atom. The highest BCUT2D eigenvalue weighted by Gasteiger charge is 2.13. The molecule has 2 rings (SSSR count). The van der Waals surface area contributed by atoms with Crippen LogP contribution in [0.4, 0.5) is 11.4 Å². The SMILES string of the molecule is COc1cc(N)cc(CCN2CCCC2)c1N. The largest absolute Gasteiger partial charge is 0.495 e. The van der Waals surface area contributed by atoms with Crippen LogP contribution in [0.2, 0.25) is 0 Å². The number of nitrogen functional groups attached to an aromatic ring is 2. The van der Waals surface area contributed by atoms with Crippen molar-refractivity contribution >= 4 is 11.4 Å². The molecular formula is C13H21N3O. The van der Waals surface area contributed by atoms with Gasteiger partial charge in [0.25, 0.3) is 0 Å². The van der Waals surface area contributed by atoms with Gasteiger partial charge in [0.05, 0.1) is 12.8 Å². The predicted molar refractivity (Wildman–Crippen MR) is 71.2 cm³/mol. The van der Waals surface area contributed by atoms with Gasteiger partial charge >= 0.3 is 0 Å². The number of methoxy groups -OCH3 is 1. The Bertz CT molecular complexity index is 386. The van der Waals surface area contributed by atoms with Crippen LogP contribution in [-0.2, 0) is 6.42 Å². The standard InChI is InChI=1S/C13H21N3O/c1-17-12-9-11(14)8-10(13(12)15)4-7-16-5-2-3-6-16/h8-9H,2-7,14-15H2,1H3. The van der Waals surface area contributed by atoms with Crippen molar-refractivity contribution in [3.63, 3.8) is 0 Å². The maximum Gasteiger partial charge on any atom is 0.144 e. The molecule has 1 heterocycles. The fourth-order valence-electron chi connectivity index (χ4n) is 2.37. The fourth-order valence-corrected chi connectivity index (χ4v) is 2.37. The maximum atomic E-state index is 6.05. The van der Waals surface area contributed by atoms with Gasteiger partial charge in [0.1, 0.15) is 5.75 Å². The lowest BCUT2D eigenvalue weighted by Gasteiger charge is -2.16. The summed E-state index contributed by atoms with van der Waals surface area (Å²) in [5.74, 6) is 0.682. The van der Waals surface area contributed by atoms with Crippen LogP contribution < -0.4 is 16.2 Å². The monoisotopic (exact) mass is 235 g/mol. The number of anilines is 2. The van der Waals surface area contributed by atoms with E-state index in [2.05, 4.69) is 4.90 Å². The Morgan fingerprint density at radius 1 is 1.24 bits per heavy atom. The highest BCUT2D eigenvalue weighted by atomic mass is 16.5. The molecule has 1 aliphatic heterocycles. The van der Waals surface area contributed by atoms with Gasteiger partial charge in [0.2, 0.25) is 0 Å². The second-order valence-corrected chi connectivity index (χ2v) is 4.59. The number of hydrogen-bond acceptors (Lipinski definition) is 4. The van der Waals surface area contributed by atoms with E-state index in [0.717, 1.165) is 24.2 Å². The fraction of sp³-hybridized carbons (Fsp3) is 0.538. The Kier molecular flexibility index (Phi) is 3.74. The van der Waals surface area contributed by atoms with Crippen molar-refractivity contribution < 1.29 is 4.74 Å². The van der Waals surface area contributed by atoms with Crippen LogP contribution in [0.3, 0.4) is 0 Å². The number of benzene rings is 1. The summed E-state index contributed by atoms with van der Waals surface area (Å²) in [6.07, 6.45) is 3.57. The molecule has 1 saturated heterocycles. The van der Waals surface area contributed by atoms with Gasteiger partial charge in [-0.15, -0.1) is 0 Å². The third kappa shape index (κ3) is 2.82. The zero-order valence-electron chi connectivity index (χ0n) is 10.4. The zero-order valence-corrected chi connectivity index (χ0v) is 10.4. The van der Waals surface area contributed by atoms with E-state index in [9.17, 15) is 0 Å². The van der Waals surface area contributed by atoms with Gasteiger partial charge in [-0.3, -0.25) is 0 Å².